The molecule has 1 aromatic carbocycles. The van der Waals surface area contributed by atoms with Gasteiger partial charge in [0.05, 0.1) is 17.8 Å². The Bertz CT molecular complexity index is 861. The van der Waals surface area contributed by atoms with Gasteiger partial charge in [0.2, 0.25) is 0 Å². The van der Waals surface area contributed by atoms with Crippen LogP contribution in [0.25, 0.3) is 5.65 Å². The van der Waals surface area contributed by atoms with Gasteiger partial charge < -0.3 is 14.8 Å². The van der Waals surface area contributed by atoms with Gasteiger partial charge in [0.25, 0.3) is 5.91 Å². The summed E-state index contributed by atoms with van der Waals surface area (Å²) in [6, 6.07) is 5.90. The van der Waals surface area contributed by atoms with Crippen LogP contribution >= 0.6 is 0 Å². The molecule has 7 heteroatoms. The molecule has 5 nitrogen and oxygen atoms in total. The number of pyridine rings is 1. The van der Waals surface area contributed by atoms with Crippen molar-refractivity contribution in [3.63, 3.8) is 0 Å². The molecule has 3 rings (SSSR count). The van der Waals surface area contributed by atoms with E-state index in [4.69, 9.17) is 0 Å². The Kier molecular flexibility index (Phi) is 3.46. The summed E-state index contributed by atoms with van der Waals surface area (Å²) in [6.45, 7) is 0.0524. The lowest BCUT2D eigenvalue weighted by atomic mass is 10.2. The number of aromatic nitrogens is 2. The van der Waals surface area contributed by atoms with E-state index in [1.54, 1.807) is 22.9 Å². The number of nitrogens with one attached hydrogen (secondary N) is 1. The molecule has 0 aliphatic rings. The summed E-state index contributed by atoms with van der Waals surface area (Å²) < 4.78 is 27.9. The van der Waals surface area contributed by atoms with Gasteiger partial charge in [-0.1, -0.05) is 0 Å². The highest BCUT2D eigenvalue weighted by Crippen LogP contribution is 2.16. The van der Waals surface area contributed by atoms with Crippen molar-refractivity contribution >= 4 is 11.6 Å². The molecule has 0 unspecified atom stereocenters. The van der Waals surface area contributed by atoms with E-state index in [9.17, 15) is 18.7 Å². The lowest BCUT2D eigenvalue weighted by molar-refractivity contribution is 0.0946. The van der Waals surface area contributed by atoms with Gasteiger partial charge >= 0.3 is 0 Å². The van der Waals surface area contributed by atoms with Crippen molar-refractivity contribution in [2.75, 3.05) is 0 Å². The highest BCUT2D eigenvalue weighted by molar-refractivity contribution is 5.94. The topological polar surface area (TPSA) is 66.6 Å². The van der Waals surface area contributed by atoms with Crippen LogP contribution in [0.4, 0.5) is 8.78 Å². The van der Waals surface area contributed by atoms with Crippen LogP contribution in [0.2, 0.25) is 0 Å². The maximum Gasteiger partial charge on any atom is 0.254 e. The molecule has 0 radical (unpaired) electrons. The van der Waals surface area contributed by atoms with Crippen molar-refractivity contribution in [1.82, 2.24) is 14.7 Å². The number of hydrogen-bond acceptors (Lipinski definition) is 3. The highest BCUT2D eigenvalue weighted by atomic mass is 19.1. The smallest absolute Gasteiger partial charge is 0.254 e. The Labute approximate surface area is 123 Å². The predicted octanol–water partition coefficient (Wildman–Crippen LogP) is 2.25. The van der Waals surface area contributed by atoms with Gasteiger partial charge in [-0.2, -0.15) is 0 Å². The number of benzene rings is 1. The molecule has 1 amide bonds. The molecule has 0 aliphatic heterocycles. The van der Waals surface area contributed by atoms with Crippen LogP contribution < -0.4 is 5.32 Å². The van der Waals surface area contributed by atoms with Crippen LogP contribution in [0.1, 0.15) is 16.1 Å². The molecule has 0 saturated heterocycles. The molecule has 0 aliphatic carbocycles. The number of imidazole rings is 1. The molecule has 22 heavy (non-hydrogen) atoms. The van der Waals surface area contributed by atoms with Gasteiger partial charge in [0.15, 0.2) is 11.4 Å². The number of fused-ring (bicyclic) bond motifs is 1. The maximum atomic E-state index is 13.5. The first kappa shape index (κ1) is 14.0. The third-order valence-corrected chi connectivity index (χ3v) is 3.12. The molecule has 0 bridgehead atoms. The summed E-state index contributed by atoms with van der Waals surface area (Å²) in [5, 5.41) is 12.1. The first-order valence-electron chi connectivity index (χ1n) is 6.43. The molecule has 0 atom stereocenters. The number of carbonyl (C=O) groups excluding carboxylic acids is 1. The fourth-order valence-electron chi connectivity index (χ4n) is 2.07. The average molecular weight is 303 g/mol. The molecule has 112 valence electrons. The summed E-state index contributed by atoms with van der Waals surface area (Å²) in [7, 11) is 0. The molecule has 0 spiro atoms. The Hall–Kier alpha value is -2.96. The van der Waals surface area contributed by atoms with Crippen LogP contribution in [0.5, 0.6) is 5.75 Å². The van der Waals surface area contributed by atoms with Gasteiger partial charge in [0.1, 0.15) is 11.6 Å². The third kappa shape index (κ3) is 2.60. The second-order valence-electron chi connectivity index (χ2n) is 4.66. The first-order chi connectivity index (χ1) is 10.5. The molecule has 2 N–H and O–H groups in total. The Morgan fingerprint density at radius 2 is 2.14 bits per heavy atom. The standard InChI is InChI=1S/C15H11F2N3O2/c16-9-3-4-11(12(17)6-9)15(22)18-7-10-8-20-5-1-2-13(21)14(20)19-10/h1-6,8,21H,7H2,(H,18,22). The van der Waals surface area contributed by atoms with E-state index in [0.717, 1.165) is 12.1 Å². The first-order valence-corrected chi connectivity index (χ1v) is 6.43. The summed E-state index contributed by atoms with van der Waals surface area (Å²) in [5.41, 5.74) is 0.616. The zero-order valence-corrected chi connectivity index (χ0v) is 11.3. The van der Waals surface area contributed by atoms with Gasteiger partial charge in [-0.3, -0.25) is 4.79 Å². The van der Waals surface area contributed by atoms with Crippen LogP contribution in [0.3, 0.4) is 0 Å². The largest absolute Gasteiger partial charge is 0.504 e. The zero-order chi connectivity index (χ0) is 15.7. The molecule has 0 saturated carbocycles. The van der Waals surface area contributed by atoms with E-state index in [0.29, 0.717) is 17.4 Å². The maximum absolute atomic E-state index is 13.5. The van der Waals surface area contributed by atoms with Crippen LogP contribution in [0.15, 0.2) is 42.7 Å². The SMILES string of the molecule is O=C(NCc1cn2cccc(O)c2n1)c1ccc(F)cc1F. The van der Waals surface area contributed by atoms with E-state index in [1.807, 2.05) is 0 Å². The van der Waals surface area contributed by atoms with Crippen molar-refractivity contribution in [2.45, 2.75) is 6.54 Å². The molecule has 2 aromatic heterocycles. The van der Waals surface area contributed by atoms with E-state index in [1.165, 1.54) is 6.07 Å². The number of carbonyl (C=O) groups is 1. The fourth-order valence-corrected chi connectivity index (χ4v) is 2.07. The van der Waals surface area contributed by atoms with Gasteiger partial charge in [-0.25, -0.2) is 13.8 Å². The Balaban J connectivity index is 1.76. The zero-order valence-electron chi connectivity index (χ0n) is 11.3. The number of rotatable bonds is 3. The van der Waals surface area contributed by atoms with E-state index >= 15 is 0 Å². The summed E-state index contributed by atoms with van der Waals surface area (Å²) in [5.74, 6) is -2.32. The molecular weight excluding hydrogens is 292 g/mol. The molecular formula is C15H11F2N3O2. The lowest BCUT2D eigenvalue weighted by Crippen LogP contribution is -2.24. The molecule has 2 heterocycles. The summed E-state index contributed by atoms with van der Waals surface area (Å²) in [4.78, 5) is 16.0. The second kappa shape index (κ2) is 5.44. The van der Waals surface area contributed by atoms with Crippen molar-refractivity contribution in [3.05, 3.63) is 65.6 Å². The van der Waals surface area contributed by atoms with E-state index in [-0.39, 0.29) is 17.9 Å². The van der Waals surface area contributed by atoms with Crippen LogP contribution in [-0.4, -0.2) is 20.4 Å². The van der Waals surface area contributed by atoms with E-state index in [2.05, 4.69) is 10.3 Å². The number of amides is 1. The Morgan fingerprint density at radius 3 is 2.86 bits per heavy atom. The molecule has 0 fully saturated rings. The van der Waals surface area contributed by atoms with Crippen molar-refractivity contribution in [1.29, 1.82) is 0 Å². The Morgan fingerprint density at radius 1 is 1.32 bits per heavy atom. The van der Waals surface area contributed by atoms with Crippen molar-refractivity contribution < 1.29 is 18.7 Å². The number of hydrogen-bond donors (Lipinski definition) is 2. The highest BCUT2D eigenvalue weighted by Gasteiger charge is 2.13. The minimum atomic E-state index is -0.926. The number of aromatic hydroxyl groups is 1. The minimum Gasteiger partial charge on any atom is -0.504 e. The number of halogens is 2. The van der Waals surface area contributed by atoms with E-state index < -0.39 is 17.5 Å². The van der Waals surface area contributed by atoms with Gasteiger partial charge in [-0.05, 0) is 24.3 Å². The van der Waals surface area contributed by atoms with Crippen molar-refractivity contribution in [3.8, 4) is 5.75 Å². The van der Waals surface area contributed by atoms with Crippen LogP contribution in [-0.2, 0) is 6.54 Å². The normalized spacial score (nSPS) is 10.8. The summed E-state index contributed by atoms with van der Waals surface area (Å²) >= 11 is 0. The lowest BCUT2D eigenvalue weighted by Gasteiger charge is -2.04. The second-order valence-corrected chi connectivity index (χ2v) is 4.66. The average Bonchev–Trinajstić information content (AvgIpc) is 2.89. The van der Waals surface area contributed by atoms with Crippen molar-refractivity contribution in [2.24, 2.45) is 0 Å². The quantitative estimate of drug-likeness (QED) is 0.780. The van der Waals surface area contributed by atoms with Gasteiger partial charge in [-0.15, -0.1) is 0 Å². The minimum absolute atomic E-state index is 0.0182. The summed E-state index contributed by atoms with van der Waals surface area (Å²) in [6.07, 6.45) is 3.34. The third-order valence-electron chi connectivity index (χ3n) is 3.12. The monoisotopic (exact) mass is 303 g/mol. The predicted molar refractivity (Wildman–Crippen MR) is 74.4 cm³/mol. The fraction of sp³-hybridized carbons (Fsp3) is 0.0667. The van der Waals surface area contributed by atoms with Gasteiger partial charge in [0, 0.05) is 18.5 Å². The number of nitrogens with zero attached hydrogens (tertiary/aromatic N) is 2. The van der Waals surface area contributed by atoms with Crippen LogP contribution in [0, 0.1) is 11.6 Å². The molecule has 3 aromatic rings.